The normalized spacial score (nSPS) is 30.9. The summed E-state index contributed by atoms with van der Waals surface area (Å²) in [5.74, 6) is -1.96. The summed E-state index contributed by atoms with van der Waals surface area (Å²) >= 11 is 0. The van der Waals surface area contributed by atoms with Crippen LogP contribution < -0.4 is 21.3 Å². The number of ketones is 1. The highest BCUT2D eigenvalue weighted by Crippen LogP contribution is 2.65. The lowest BCUT2D eigenvalue weighted by Crippen LogP contribution is -2.66. The van der Waals surface area contributed by atoms with Crippen molar-refractivity contribution in [1.82, 2.24) is 26.2 Å². The Kier molecular flexibility index (Phi) is 11.4. The van der Waals surface area contributed by atoms with Crippen LogP contribution in [-0.4, -0.2) is 90.1 Å². The summed E-state index contributed by atoms with van der Waals surface area (Å²) in [6.45, 7) is 8.60. The van der Waals surface area contributed by atoms with E-state index in [4.69, 9.17) is 0 Å². The van der Waals surface area contributed by atoms with Gasteiger partial charge in [-0.3, -0.25) is 19.2 Å². The first-order valence-electron chi connectivity index (χ1n) is 20.4. The monoisotopic (exact) mass is 745 g/mol. The van der Waals surface area contributed by atoms with Gasteiger partial charge < -0.3 is 26.2 Å². The molecule has 0 spiro atoms. The maximum atomic E-state index is 15.0. The van der Waals surface area contributed by atoms with Crippen molar-refractivity contribution in [3.8, 4) is 0 Å². The Bertz CT molecular complexity index is 1500. The molecule has 12 nitrogen and oxygen atoms in total. The zero-order chi connectivity index (χ0) is 37.5. The number of likely N-dealkylation sites (tertiary alicyclic amines) is 1. The van der Waals surface area contributed by atoms with Crippen molar-refractivity contribution in [2.24, 2.45) is 22.7 Å². The van der Waals surface area contributed by atoms with Crippen LogP contribution in [0.3, 0.4) is 0 Å². The van der Waals surface area contributed by atoms with Gasteiger partial charge >= 0.3 is 6.03 Å². The van der Waals surface area contributed by atoms with Crippen LogP contribution >= 0.6 is 0 Å². The molecule has 2 heterocycles. The van der Waals surface area contributed by atoms with Crippen LogP contribution in [0, 0.1) is 22.7 Å². The van der Waals surface area contributed by atoms with Gasteiger partial charge in [-0.05, 0) is 80.5 Å². The quantitative estimate of drug-likeness (QED) is 0.204. The van der Waals surface area contributed by atoms with E-state index < -0.39 is 67.8 Å². The molecule has 4 aliphatic carbocycles. The number of hydrogen-bond acceptors (Lipinski definition) is 7. The minimum absolute atomic E-state index is 0.0118. The smallest absolute Gasteiger partial charge is 0.315 e. The molecule has 1 unspecified atom stereocenters. The third-order valence-electron chi connectivity index (χ3n) is 13.9. The molecule has 13 heteroatoms. The van der Waals surface area contributed by atoms with Crippen LogP contribution in [0.1, 0.15) is 143 Å². The molecule has 0 radical (unpaired) electrons. The third kappa shape index (κ3) is 7.90. The van der Waals surface area contributed by atoms with E-state index in [2.05, 4.69) is 35.1 Å². The Morgan fingerprint density at radius 2 is 1.48 bits per heavy atom. The first kappa shape index (κ1) is 39.0. The fourth-order valence-electron chi connectivity index (χ4n) is 10.4. The third-order valence-corrected chi connectivity index (χ3v) is 16.3. The van der Waals surface area contributed by atoms with Crippen molar-refractivity contribution < 1.29 is 32.4 Å². The molecule has 4 saturated carbocycles. The van der Waals surface area contributed by atoms with Gasteiger partial charge in [-0.1, -0.05) is 85.5 Å². The number of piperidine rings is 1. The lowest BCUT2D eigenvalue weighted by atomic mass is 9.70. The predicted octanol–water partition coefficient (Wildman–Crippen LogP) is 4.30. The Balaban J connectivity index is 1.24. The summed E-state index contributed by atoms with van der Waals surface area (Å²) < 4.78 is 26.8. The van der Waals surface area contributed by atoms with Gasteiger partial charge in [0.25, 0.3) is 5.91 Å². The highest BCUT2D eigenvalue weighted by Gasteiger charge is 2.70. The number of sulfone groups is 1. The van der Waals surface area contributed by atoms with Crippen LogP contribution in [0.2, 0.25) is 0 Å². The fraction of sp³-hybridized carbons (Fsp3) is 0.872. The number of nitrogens with one attached hydrogen (secondary N) is 4. The van der Waals surface area contributed by atoms with E-state index in [0.717, 1.165) is 77.0 Å². The summed E-state index contributed by atoms with van der Waals surface area (Å²) in [6, 6.07) is -3.26. The van der Waals surface area contributed by atoms with Crippen molar-refractivity contribution in [1.29, 1.82) is 0 Å². The van der Waals surface area contributed by atoms with Crippen LogP contribution in [0.4, 0.5) is 4.79 Å². The van der Waals surface area contributed by atoms with Crippen molar-refractivity contribution >= 4 is 39.4 Å². The first-order valence-corrected chi connectivity index (χ1v) is 22.1. The Morgan fingerprint density at radius 1 is 0.827 bits per heavy atom. The summed E-state index contributed by atoms with van der Waals surface area (Å²) in [5, 5.41) is 11.3. The number of carbonyl (C=O) groups excluding carboxylic acids is 5. The van der Waals surface area contributed by atoms with E-state index in [-0.39, 0.29) is 35.0 Å². The number of fused-ring (bicyclic) bond motifs is 1. The molecule has 6 rings (SSSR count). The molecule has 5 amide bonds. The summed E-state index contributed by atoms with van der Waals surface area (Å²) in [7, 11) is -3.39. The molecule has 292 valence electrons. The zero-order valence-electron chi connectivity index (χ0n) is 31.9. The van der Waals surface area contributed by atoms with E-state index in [1.807, 2.05) is 13.8 Å². The molecule has 2 saturated heterocycles. The molecule has 4 N–H and O–H groups in total. The number of amides is 5. The minimum atomic E-state index is -3.39. The highest BCUT2D eigenvalue weighted by atomic mass is 32.2. The lowest BCUT2D eigenvalue weighted by molar-refractivity contribution is -0.146. The molecule has 6 atom stereocenters. The average molecular weight is 746 g/mol. The number of rotatable bonds is 13. The van der Waals surface area contributed by atoms with E-state index >= 15 is 0 Å². The number of carbonyl (C=O) groups is 5. The molecule has 2 aliphatic heterocycles. The summed E-state index contributed by atoms with van der Waals surface area (Å²) in [5.41, 5.74) is -1.62. The van der Waals surface area contributed by atoms with Gasteiger partial charge in [0.15, 0.2) is 9.84 Å². The molecule has 6 fully saturated rings. The Labute approximate surface area is 310 Å². The number of unbranched alkanes of at least 4 members (excludes halogenated alkanes) is 1. The van der Waals surface area contributed by atoms with Crippen LogP contribution in [0.25, 0.3) is 0 Å². The zero-order valence-corrected chi connectivity index (χ0v) is 32.7. The molecule has 6 aliphatic rings. The highest BCUT2D eigenvalue weighted by molar-refractivity contribution is 7.92. The number of urea groups is 1. The van der Waals surface area contributed by atoms with Gasteiger partial charge in [0.2, 0.25) is 17.6 Å². The largest absolute Gasteiger partial charge is 0.347 e. The standard InChI is InChI=1S/C39H63N5O7S/c1-5-6-15-27(31(45)34(47)40-25-17-18-25)41-33(46)30-29-26(37(29,2)3)24-44(30)35(48)32(38(4)19-10-7-11-20-38)42-36(49)43-39(21-12-8-13-22-39)28-16-9-14-23-52(28,50)51/h25-30,32H,5-24H2,1-4H3,(H,40,47)(H,41,46)(H2,42,43,49)/t26-,27?,28+,29-,30-,32+/m0/s1. The van der Waals surface area contributed by atoms with Gasteiger partial charge in [0.05, 0.1) is 22.6 Å². The van der Waals surface area contributed by atoms with Gasteiger partial charge in [-0.25, -0.2) is 13.2 Å². The maximum absolute atomic E-state index is 15.0. The Morgan fingerprint density at radius 3 is 2.10 bits per heavy atom. The molecule has 0 aromatic rings. The minimum Gasteiger partial charge on any atom is -0.347 e. The van der Waals surface area contributed by atoms with Crippen molar-refractivity contribution in [3.63, 3.8) is 0 Å². The van der Waals surface area contributed by atoms with Gasteiger partial charge in [0.1, 0.15) is 12.1 Å². The first-order chi connectivity index (χ1) is 24.6. The van der Waals surface area contributed by atoms with Gasteiger partial charge in [-0.2, -0.15) is 0 Å². The van der Waals surface area contributed by atoms with Crippen LogP contribution in [-0.2, 0) is 29.0 Å². The second-order valence-electron chi connectivity index (χ2n) is 18.0. The molecule has 0 aromatic carbocycles. The SMILES string of the molecule is CCCCC(NC(=O)[C@@H]1[C@@H]2[C@H](CN1C(=O)[C@@H](NC(=O)NC1([C@H]3CCCCS3(=O)=O)CCCCC1)C1(C)CCCCC1)C2(C)C)C(=O)C(=O)NC1CC1. The average Bonchev–Trinajstić information content (AvgIpc) is 3.96. The number of hydrogen-bond donors (Lipinski definition) is 4. The molecule has 0 bridgehead atoms. The van der Waals surface area contributed by atoms with Crippen molar-refractivity contribution in [2.45, 2.75) is 178 Å². The summed E-state index contributed by atoms with van der Waals surface area (Å²) in [4.78, 5) is 71.2. The van der Waals surface area contributed by atoms with E-state index in [1.165, 1.54) is 0 Å². The van der Waals surface area contributed by atoms with Gasteiger partial charge in [-0.15, -0.1) is 0 Å². The van der Waals surface area contributed by atoms with Crippen molar-refractivity contribution in [3.05, 3.63) is 0 Å². The second-order valence-corrected chi connectivity index (χ2v) is 20.3. The van der Waals surface area contributed by atoms with E-state index in [1.54, 1.807) is 4.90 Å². The van der Waals surface area contributed by atoms with Crippen LogP contribution in [0.5, 0.6) is 0 Å². The van der Waals surface area contributed by atoms with Crippen LogP contribution in [0.15, 0.2) is 0 Å². The fourth-order valence-corrected chi connectivity index (χ4v) is 12.8. The summed E-state index contributed by atoms with van der Waals surface area (Å²) in [6.07, 6.45) is 13.6. The topological polar surface area (TPSA) is 171 Å². The predicted molar refractivity (Wildman–Crippen MR) is 198 cm³/mol. The number of Topliss-reactive ketones (excluding diaryl/α,β-unsaturated/α-hetero) is 1. The van der Waals surface area contributed by atoms with Crippen molar-refractivity contribution in [2.75, 3.05) is 12.3 Å². The molecule has 0 aromatic heterocycles. The maximum Gasteiger partial charge on any atom is 0.315 e. The van der Waals surface area contributed by atoms with E-state index in [0.29, 0.717) is 45.1 Å². The Hall–Kier alpha value is -2.70. The molecule has 52 heavy (non-hydrogen) atoms. The lowest BCUT2D eigenvalue weighted by Gasteiger charge is -2.46. The molecular weight excluding hydrogens is 683 g/mol. The number of nitrogens with zero attached hydrogens (tertiary/aromatic N) is 1. The second kappa shape index (κ2) is 15.2. The molecular formula is C39H63N5O7S. The van der Waals surface area contributed by atoms with Gasteiger partial charge in [0, 0.05) is 12.6 Å². The van der Waals surface area contributed by atoms with E-state index in [9.17, 15) is 32.4 Å².